The maximum atomic E-state index is 13.1. The average molecular weight is 475 g/mol. The van der Waals surface area contributed by atoms with Crippen LogP contribution in [-0.2, 0) is 22.7 Å². The number of carbonyl (C=O) groups is 3. The van der Waals surface area contributed by atoms with E-state index in [0.29, 0.717) is 30.6 Å². The van der Waals surface area contributed by atoms with E-state index in [-0.39, 0.29) is 24.1 Å². The minimum Gasteiger partial charge on any atom is -0.370 e. The lowest BCUT2D eigenvalue weighted by Crippen LogP contribution is -2.52. The Kier molecular flexibility index (Phi) is 6.60. The summed E-state index contributed by atoms with van der Waals surface area (Å²) in [7, 11) is 4.39. The van der Waals surface area contributed by atoms with Crippen LogP contribution in [0.1, 0.15) is 60.0 Å². The summed E-state index contributed by atoms with van der Waals surface area (Å²) in [4.78, 5) is 43.4. The molecule has 2 aromatic rings. The van der Waals surface area contributed by atoms with Crippen molar-refractivity contribution in [2.45, 2.75) is 69.7 Å². The van der Waals surface area contributed by atoms with Crippen LogP contribution >= 0.6 is 0 Å². The molecule has 35 heavy (non-hydrogen) atoms. The number of nitrogens with zero attached hydrogens (tertiary/aromatic N) is 3. The smallest absolute Gasteiger partial charge is 0.255 e. The number of hydrogen-bond donors (Lipinski definition) is 1. The molecule has 1 unspecified atom stereocenters. The van der Waals surface area contributed by atoms with Crippen LogP contribution in [0, 0.1) is 0 Å². The molecule has 184 valence electrons. The number of anilines is 1. The zero-order valence-electron chi connectivity index (χ0n) is 20.6. The molecule has 3 aliphatic rings. The number of hydrogen-bond acceptors (Lipinski definition) is 5. The molecule has 1 saturated heterocycles. The Morgan fingerprint density at radius 2 is 1.69 bits per heavy atom. The van der Waals surface area contributed by atoms with Gasteiger partial charge in [0.2, 0.25) is 11.8 Å². The minimum atomic E-state index is -0.580. The van der Waals surface area contributed by atoms with E-state index < -0.39 is 6.04 Å². The second-order valence-electron chi connectivity index (χ2n) is 10.2. The third-order valence-electron chi connectivity index (χ3n) is 7.95. The van der Waals surface area contributed by atoms with Crippen LogP contribution in [0.3, 0.4) is 0 Å². The van der Waals surface area contributed by atoms with Gasteiger partial charge < -0.3 is 9.80 Å². The molecule has 2 aromatic carbocycles. The summed E-state index contributed by atoms with van der Waals surface area (Å²) in [5.74, 6) is -0.758. The molecule has 7 heteroatoms. The van der Waals surface area contributed by atoms with Gasteiger partial charge in [-0.25, -0.2) is 0 Å². The molecule has 2 aliphatic heterocycles. The summed E-state index contributed by atoms with van der Waals surface area (Å²) in [5, 5.41) is 2.37. The van der Waals surface area contributed by atoms with Crippen LogP contribution in [0.25, 0.3) is 0 Å². The molecule has 2 fully saturated rings. The quantitative estimate of drug-likeness (QED) is 0.651. The summed E-state index contributed by atoms with van der Waals surface area (Å²) >= 11 is 0. The average Bonchev–Trinajstić information content (AvgIpc) is 3.19. The van der Waals surface area contributed by atoms with E-state index in [4.69, 9.17) is 0 Å². The van der Waals surface area contributed by atoms with Gasteiger partial charge in [0.1, 0.15) is 6.04 Å². The van der Waals surface area contributed by atoms with Crippen LogP contribution in [0.4, 0.5) is 5.69 Å². The highest BCUT2D eigenvalue weighted by molar-refractivity contribution is 6.05. The Hall–Kier alpha value is -3.19. The minimum absolute atomic E-state index is 0.123. The first-order valence-electron chi connectivity index (χ1n) is 12.7. The molecule has 3 amide bonds. The van der Waals surface area contributed by atoms with E-state index in [9.17, 15) is 14.4 Å². The summed E-state index contributed by atoms with van der Waals surface area (Å²) in [6.07, 6.45) is 5.42. The lowest BCUT2D eigenvalue weighted by Gasteiger charge is -2.43. The normalized spacial score (nSPS) is 24.5. The zero-order chi connectivity index (χ0) is 24.5. The summed E-state index contributed by atoms with van der Waals surface area (Å²) in [6, 6.07) is 16.9. The topological polar surface area (TPSA) is 73.0 Å². The fraction of sp³-hybridized carbons (Fsp3) is 0.464. The standard InChI is InChI=1S/C28H34N4O3/c1-30(17-19-8-4-3-5-9-19)23-10-6-7-11-24(23)31(2)21-12-13-22-20(16-21)18-32(28(22)35)25-14-15-26(33)29-27(25)34/h3-5,8-9,12-13,16,23-25H,6-7,10-11,14-15,17-18H2,1-2H3,(H,29,33,34)/t23-,24+,25?/m1/s1. The van der Waals surface area contributed by atoms with Gasteiger partial charge in [-0.1, -0.05) is 43.2 Å². The van der Waals surface area contributed by atoms with Gasteiger partial charge >= 0.3 is 0 Å². The fourth-order valence-corrected chi connectivity index (χ4v) is 6.02. The zero-order valence-corrected chi connectivity index (χ0v) is 20.6. The van der Waals surface area contributed by atoms with Gasteiger partial charge in [0, 0.05) is 49.9 Å². The number of amides is 3. The first-order valence-corrected chi connectivity index (χ1v) is 12.7. The van der Waals surface area contributed by atoms with Crippen molar-refractivity contribution in [1.82, 2.24) is 15.1 Å². The van der Waals surface area contributed by atoms with Crippen LogP contribution in [-0.4, -0.2) is 59.7 Å². The monoisotopic (exact) mass is 474 g/mol. The number of imide groups is 1. The Morgan fingerprint density at radius 1 is 0.943 bits per heavy atom. The van der Waals surface area contributed by atoms with E-state index in [1.165, 1.54) is 24.8 Å². The molecule has 0 spiro atoms. The molecular formula is C28H34N4O3. The Labute approximate surface area is 207 Å². The Bertz CT molecular complexity index is 1120. The van der Waals surface area contributed by atoms with Crippen molar-refractivity contribution < 1.29 is 14.4 Å². The Morgan fingerprint density at radius 3 is 2.43 bits per heavy atom. The first kappa shape index (κ1) is 23.5. The molecule has 5 rings (SSSR count). The second kappa shape index (κ2) is 9.82. The van der Waals surface area contributed by atoms with Gasteiger partial charge in [-0.2, -0.15) is 0 Å². The van der Waals surface area contributed by atoms with Gasteiger partial charge in [-0.15, -0.1) is 0 Å². The van der Waals surface area contributed by atoms with E-state index in [0.717, 1.165) is 24.2 Å². The maximum Gasteiger partial charge on any atom is 0.255 e. The lowest BCUT2D eigenvalue weighted by atomic mass is 9.87. The second-order valence-corrected chi connectivity index (χ2v) is 10.2. The van der Waals surface area contributed by atoms with Gasteiger partial charge in [0.15, 0.2) is 0 Å². The molecule has 0 bridgehead atoms. The number of likely N-dealkylation sites (N-methyl/N-ethyl adjacent to an activating group) is 2. The van der Waals surface area contributed by atoms with Crippen molar-refractivity contribution in [3.8, 4) is 0 Å². The van der Waals surface area contributed by atoms with Crippen molar-refractivity contribution in [2.75, 3.05) is 19.0 Å². The maximum absolute atomic E-state index is 13.1. The van der Waals surface area contributed by atoms with Gasteiger partial charge in [-0.3, -0.25) is 24.6 Å². The Balaban J connectivity index is 1.32. The number of piperidine rings is 1. The SMILES string of the molecule is CN(Cc1ccccc1)[C@@H]1CCCC[C@@H]1N(C)c1ccc2c(c1)CN(C1CCC(=O)NC1=O)C2=O. The van der Waals surface area contributed by atoms with Gasteiger partial charge in [-0.05, 0) is 55.6 Å². The lowest BCUT2D eigenvalue weighted by molar-refractivity contribution is -0.136. The van der Waals surface area contributed by atoms with Crippen molar-refractivity contribution in [2.24, 2.45) is 0 Å². The molecule has 1 N–H and O–H groups in total. The fourth-order valence-electron chi connectivity index (χ4n) is 6.02. The largest absolute Gasteiger partial charge is 0.370 e. The van der Waals surface area contributed by atoms with Crippen molar-refractivity contribution in [3.05, 3.63) is 65.2 Å². The summed E-state index contributed by atoms with van der Waals surface area (Å²) < 4.78 is 0. The molecular weight excluding hydrogens is 440 g/mol. The highest BCUT2D eigenvalue weighted by Gasteiger charge is 2.39. The summed E-state index contributed by atoms with van der Waals surface area (Å²) in [5.41, 5.74) is 4.04. The molecule has 1 aliphatic carbocycles. The van der Waals surface area contributed by atoms with Crippen molar-refractivity contribution in [1.29, 1.82) is 0 Å². The third kappa shape index (κ3) is 4.69. The van der Waals surface area contributed by atoms with E-state index in [2.05, 4.69) is 65.6 Å². The van der Waals surface area contributed by atoms with Crippen molar-refractivity contribution >= 4 is 23.4 Å². The molecule has 7 nitrogen and oxygen atoms in total. The van der Waals surface area contributed by atoms with E-state index in [1.54, 1.807) is 4.90 Å². The predicted molar refractivity (Wildman–Crippen MR) is 135 cm³/mol. The van der Waals surface area contributed by atoms with Crippen LogP contribution in [0.15, 0.2) is 48.5 Å². The van der Waals surface area contributed by atoms with E-state index in [1.807, 2.05) is 12.1 Å². The summed E-state index contributed by atoms with van der Waals surface area (Å²) in [6.45, 7) is 1.33. The van der Waals surface area contributed by atoms with Crippen LogP contribution < -0.4 is 10.2 Å². The number of nitrogens with one attached hydrogen (secondary N) is 1. The molecule has 0 radical (unpaired) electrons. The number of fused-ring (bicyclic) bond motifs is 1. The molecule has 1 saturated carbocycles. The van der Waals surface area contributed by atoms with Gasteiger partial charge in [0.05, 0.1) is 0 Å². The highest BCUT2D eigenvalue weighted by Crippen LogP contribution is 2.34. The van der Waals surface area contributed by atoms with Gasteiger partial charge in [0.25, 0.3) is 5.91 Å². The molecule has 0 aromatic heterocycles. The predicted octanol–water partition coefficient (Wildman–Crippen LogP) is 3.33. The van der Waals surface area contributed by atoms with Crippen LogP contribution in [0.2, 0.25) is 0 Å². The van der Waals surface area contributed by atoms with E-state index >= 15 is 0 Å². The number of carbonyl (C=O) groups excluding carboxylic acids is 3. The first-order chi connectivity index (χ1) is 16.9. The molecule has 3 atom stereocenters. The third-order valence-corrected chi connectivity index (χ3v) is 7.95. The molecule has 2 heterocycles. The van der Waals surface area contributed by atoms with Crippen molar-refractivity contribution in [3.63, 3.8) is 0 Å². The number of rotatable bonds is 6. The van der Waals surface area contributed by atoms with Crippen LogP contribution in [0.5, 0.6) is 0 Å². The number of benzene rings is 2. The highest BCUT2D eigenvalue weighted by atomic mass is 16.2.